The number of nitrogens with one attached hydrogen (secondary N) is 1. The largest absolute Gasteiger partial charge is 0.494 e. The van der Waals surface area contributed by atoms with Crippen LogP contribution in [0.3, 0.4) is 0 Å². The highest BCUT2D eigenvalue weighted by molar-refractivity contribution is 7.14. The van der Waals surface area contributed by atoms with Gasteiger partial charge in [0.1, 0.15) is 16.8 Å². The van der Waals surface area contributed by atoms with Gasteiger partial charge in [0.15, 0.2) is 0 Å². The number of amides is 1. The van der Waals surface area contributed by atoms with Gasteiger partial charge in [-0.25, -0.2) is 0 Å². The first kappa shape index (κ1) is 15.1. The number of hydrogen-bond acceptors (Lipinski definition) is 4. The van der Waals surface area contributed by atoms with Crippen LogP contribution in [0.15, 0.2) is 35.7 Å². The molecule has 108 valence electrons. The second-order valence-electron chi connectivity index (χ2n) is 4.46. The zero-order chi connectivity index (χ0) is 15.1. The molecular formula is C16H16N2O2S. The first-order valence-electron chi connectivity index (χ1n) is 6.76. The third-order valence-corrected chi connectivity index (χ3v) is 3.73. The molecule has 0 saturated carbocycles. The van der Waals surface area contributed by atoms with Crippen LogP contribution in [0.1, 0.15) is 35.7 Å². The van der Waals surface area contributed by atoms with Crippen molar-refractivity contribution in [3.63, 3.8) is 0 Å². The Morgan fingerprint density at radius 3 is 2.76 bits per heavy atom. The number of unbranched alkanes of at least 4 members (excludes halogenated alkanes) is 1. The van der Waals surface area contributed by atoms with Crippen LogP contribution in [0.2, 0.25) is 0 Å². The summed E-state index contributed by atoms with van der Waals surface area (Å²) in [6, 6.07) is 10.7. The zero-order valence-corrected chi connectivity index (χ0v) is 12.6. The average molecular weight is 300 g/mol. The summed E-state index contributed by atoms with van der Waals surface area (Å²) in [5.74, 6) is 0.530. The van der Waals surface area contributed by atoms with Crippen molar-refractivity contribution in [2.75, 3.05) is 11.9 Å². The predicted molar refractivity (Wildman–Crippen MR) is 83.8 cm³/mol. The molecule has 0 unspecified atom stereocenters. The predicted octanol–water partition coefficient (Wildman–Crippen LogP) is 4.05. The van der Waals surface area contributed by atoms with Crippen LogP contribution >= 0.6 is 11.3 Å². The van der Waals surface area contributed by atoms with Crippen molar-refractivity contribution in [1.29, 1.82) is 5.26 Å². The van der Waals surface area contributed by atoms with Gasteiger partial charge in [-0.3, -0.25) is 4.79 Å². The van der Waals surface area contributed by atoms with Crippen molar-refractivity contribution in [2.24, 2.45) is 0 Å². The Balaban J connectivity index is 1.98. The van der Waals surface area contributed by atoms with Gasteiger partial charge in [0.2, 0.25) is 0 Å². The molecule has 4 nitrogen and oxygen atoms in total. The minimum atomic E-state index is -0.228. The van der Waals surface area contributed by atoms with Crippen LogP contribution in [0, 0.1) is 11.3 Å². The number of nitriles is 1. The van der Waals surface area contributed by atoms with E-state index in [1.165, 1.54) is 11.3 Å². The maximum atomic E-state index is 12.1. The van der Waals surface area contributed by atoms with E-state index in [0.717, 1.165) is 18.6 Å². The summed E-state index contributed by atoms with van der Waals surface area (Å²) < 4.78 is 5.55. The first-order chi connectivity index (χ1) is 10.2. The van der Waals surface area contributed by atoms with Crippen LogP contribution in [-0.4, -0.2) is 12.5 Å². The molecule has 0 bridgehead atoms. The van der Waals surface area contributed by atoms with E-state index < -0.39 is 0 Å². The molecule has 2 aromatic rings. The highest BCUT2D eigenvalue weighted by Crippen LogP contribution is 2.23. The third kappa shape index (κ3) is 4.07. The molecule has 2 rings (SSSR count). The molecule has 0 aliphatic rings. The Morgan fingerprint density at radius 1 is 1.33 bits per heavy atom. The van der Waals surface area contributed by atoms with Gasteiger partial charge in [0.25, 0.3) is 5.91 Å². The van der Waals surface area contributed by atoms with Gasteiger partial charge >= 0.3 is 0 Å². The van der Waals surface area contributed by atoms with Crippen LogP contribution in [0.25, 0.3) is 0 Å². The number of carbonyl (C=O) groups is 1. The quantitative estimate of drug-likeness (QED) is 0.819. The fourth-order valence-electron chi connectivity index (χ4n) is 1.71. The number of ether oxygens (including phenoxy) is 1. The van der Waals surface area contributed by atoms with Crippen molar-refractivity contribution >= 4 is 22.2 Å². The lowest BCUT2D eigenvalue weighted by molar-refractivity contribution is 0.102. The van der Waals surface area contributed by atoms with Gasteiger partial charge in [0.05, 0.1) is 12.2 Å². The number of benzene rings is 1. The molecule has 1 amide bonds. The summed E-state index contributed by atoms with van der Waals surface area (Å²) >= 11 is 1.33. The van der Waals surface area contributed by atoms with E-state index in [9.17, 15) is 4.79 Å². The molecule has 21 heavy (non-hydrogen) atoms. The smallest absolute Gasteiger partial charge is 0.256 e. The molecule has 5 heteroatoms. The molecule has 0 spiro atoms. The molecule has 0 radical (unpaired) electrons. The van der Waals surface area contributed by atoms with E-state index >= 15 is 0 Å². The van der Waals surface area contributed by atoms with E-state index in [-0.39, 0.29) is 5.91 Å². The van der Waals surface area contributed by atoms with E-state index in [1.807, 2.05) is 6.07 Å². The minimum absolute atomic E-state index is 0.228. The van der Waals surface area contributed by atoms with Crippen molar-refractivity contribution in [1.82, 2.24) is 0 Å². The van der Waals surface area contributed by atoms with Gasteiger partial charge in [-0.15, -0.1) is 11.3 Å². The minimum Gasteiger partial charge on any atom is -0.494 e. The summed E-state index contributed by atoms with van der Waals surface area (Å²) in [6.45, 7) is 2.79. The maximum absolute atomic E-state index is 12.1. The maximum Gasteiger partial charge on any atom is 0.256 e. The van der Waals surface area contributed by atoms with Crippen molar-refractivity contribution in [3.05, 3.63) is 46.8 Å². The topological polar surface area (TPSA) is 62.1 Å². The number of hydrogen-bond donors (Lipinski definition) is 1. The Hall–Kier alpha value is -2.32. The fourth-order valence-corrected chi connectivity index (χ4v) is 2.44. The second-order valence-corrected chi connectivity index (χ2v) is 5.37. The van der Waals surface area contributed by atoms with Crippen LogP contribution < -0.4 is 10.1 Å². The number of carbonyl (C=O) groups excluding carboxylic acids is 1. The summed E-state index contributed by atoms with van der Waals surface area (Å²) in [5.41, 5.74) is 1.02. The van der Waals surface area contributed by atoms with Crippen LogP contribution in [0.4, 0.5) is 5.00 Å². The highest BCUT2D eigenvalue weighted by atomic mass is 32.1. The Morgan fingerprint density at radius 2 is 2.10 bits per heavy atom. The van der Waals surface area contributed by atoms with E-state index in [0.29, 0.717) is 22.7 Å². The summed E-state index contributed by atoms with van der Waals surface area (Å²) in [5, 5.41) is 14.0. The third-order valence-electron chi connectivity index (χ3n) is 2.90. The van der Waals surface area contributed by atoms with Gasteiger partial charge in [0, 0.05) is 5.56 Å². The average Bonchev–Trinajstić information content (AvgIpc) is 2.95. The Bertz CT molecular complexity index is 641. The number of rotatable bonds is 6. The van der Waals surface area contributed by atoms with Gasteiger partial charge < -0.3 is 10.1 Å². The van der Waals surface area contributed by atoms with E-state index in [4.69, 9.17) is 10.00 Å². The van der Waals surface area contributed by atoms with Crippen molar-refractivity contribution < 1.29 is 9.53 Å². The van der Waals surface area contributed by atoms with Gasteiger partial charge in [-0.05, 0) is 42.1 Å². The number of anilines is 1. The first-order valence-corrected chi connectivity index (χ1v) is 7.64. The molecule has 0 atom stereocenters. The van der Waals surface area contributed by atoms with Gasteiger partial charge in [-0.1, -0.05) is 13.3 Å². The normalized spacial score (nSPS) is 9.90. The molecule has 0 aliphatic carbocycles. The summed E-state index contributed by atoms with van der Waals surface area (Å²) in [6.07, 6.45) is 2.10. The van der Waals surface area contributed by atoms with E-state index in [2.05, 4.69) is 12.2 Å². The molecule has 1 heterocycles. The second kappa shape index (κ2) is 7.46. The standard InChI is InChI=1S/C16H16N2O2S/c1-2-3-9-20-14-6-4-12(5-7-14)15(19)18-16-13(11-17)8-10-21-16/h4-8,10H,2-3,9H2,1H3,(H,18,19). The fraction of sp³-hybridized carbons (Fsp3) is 0.250. The number of nitrogens with zero attached hydrogens (tertiary/aromatic N) is 1. The lowest BCUT2D eigenvalue weighted by Crippen LogP contribution is -2.11. The van der Waals surface area contributed by atoms with E-state index in [1.54, 1.807) is 35.7 Å². The molecule has 0 fully saturated rings. The Kier molecular flexibility index (Phi) is 5.35. The SMILES string of the molecule is CCCCOc1ccc(C(=O)Nc2sccc2C#N)cc1. The highest BCUT2D eigenvalue weighted by Gasteiger charge is 2.10. The lowest BCUT2D eigenvalue weighted by atomic mass is 10.2. The molecule has 0 saturated heterocycles. The zero-order valence-electron chi connectivity index (χ0n) is 11.8. The number of thiophene rings is 1. The Labute approximate surface area is 128 Å². The lowest BCUT2D eigenvalue weighted by Gasteiger charge is -2.07. The molecular weight excluding hydrogens is 284 g/mol. The van der Waals surface area contributed by atoms with Crippen LogP contribution in [0.5, 0.6) is 5.75 Å². The molecule has 1 N–H and O–H groups in total. The van der Waals surface area contributed by atoms with Crippen molar-refractivity contribution in [2.45, 2.75) is 19.8 Å². The van der Waals surface area contributed by atoms with Crippen molar-refractivity contribution in [3.8, 4) is 11.8 Å². The molecule has 0 aliphatic heterocycles. The summed E-state index contributed by atoms with van der Waals surface area (Å²) in [4.78, 5) is 12.1. The molecule has 1 aromatic carbocycles. The molecule has 1 aromatic heterocycles. The van der Waals surface area contributed by atoms with Gasteiger partial charge in [-0.2, -0.15) is 5.26 Å². The van der Waals surface area contributed by atoms with Crippen LogP contribution in [-0.2, 0) is 0 Å². The monoisotopic (exact) mass is 300 g/mol. The summed E-state index contributed by atoms with van der Waals surface area (Å²) in [7, 11) is 0.